The molecule has 0 radical (unpaired) electrons. The molecule has 1 aliphatic heterocycles. The summed E-state index contributed by atoms with van der Waals surface area (Å²) in [5.41, 5.74) is 0.592. The number of benzene rings is 1. The van der Waals surface area contributed by atoms with E-state index in [0.717, 1.165) is 0 Å². The van der Waals surface area contributed by atoms with Gasteiger partial charge in [0.1, 0.15) is 6.04 Å². The lowest BCUT2D eigenvalue weighted by Gasteiger charge is -2.25. The molecule has 1 aromatic rings. The van der Waals surface area contributed by atoms with E-state index < -0.39 is 23.1 Å². The number of likely N-dealkylation sites (tertiary alicyclic amines) is 1. The Morgan fingerprint density at radius 2 is 2.21 bits per heavy atom. The van der Waals surface area contributed by atoms with Gasteiger partial charge < -0.3 is 15.3 Å². The average Bonchev–Trinajstić information content (AvgIpc) is 2.94. The summed E-state index contributed by atoms with van der Waals surface area (Å²) in [6.07, 6.45) is 0.0153. The SMILES string of the molecule is CC[C@@H](NC(=O)[C@H]1C[C@H](O)CN1C(C)=O)c1cccc([N+](=O)[O-])c1. The summed E-state index contributed by atoms with van der Waals surface area (Å²) < 4.78 is 0. The Morgan fingerprint density at radius 1 is 1.50 bits per heavy atom. The zero-order chi connectivity index (χ0) is 17.9. The van der Waals surface area contributed by atoms with Crippen molar-refractivity contribution in [1.82, 2.24) is 10.2 Å². The summed E-state index contributed by atoms with van der Waals surface area (Å²) in [7, 11) is 0. The molecule has 2 amide bonds. The van der Waals surface area contributed by atoms with Gasteiger partial charge in [-0.05, 0) is 12.0 Å². The van der Waals surface area contributed by atoms with Crippen LogP contribution in [0.25, 0.3) is 0 Å². The predicted octanol–water partition coefficient (Wildman–Crippen LogP) is 1.14. The van der Waals surface area contributed by atoms with Crippen LogP contribution in [0.2, 0.25) is 0 Å². The van der Waals surface area contributed by atoms with Crippen LogP contribution < -0.4 is 5.32 Å². The largest absolute Gasteiger partial charge is 0.391 e. The van der Waals surface area contributed by atoms with Crippen molar-refractivity contribution in [2.75, 3.05) is 6.54 Å². The zero-order valence-corrected chi connectivity index (χ0v) is 13.6. The van der Waals surface area contributed by atoms with Crippen LogP contribution in [-0.2, 0) is 9.59 Å². The quantitative estimate of drug-likeness (QED) is 0.619. The molecule has 0 saturated carbocycles. The van der Waals surface area contributed by atoms with Crippen molar-refractivity contribution in [3.8, 4) is 0 Å². The van der Waals surface area contributed by atoms with Gasteiger partial charge in [-0.15, -0.1) is 0 Å². The average molecular weight is 335 g/mol. The molecule has 1 heterocycles. The topological polar surface area (TPSA) is 113 Å². The van der Waals surface area contributed by atoms with Crippen molar-refractivity contribution in [1.29, 1.82) is 0 Å². The van der Waals surface area contributed by atoms with Crippen molar-refractivity contribution in [3.63, 3.8) is 0 Å². The number of hydrogen-bond donors (Lipinski definition) is 2. The molecule has 2 N–H and O–H groups in total. The Morgan fingerprint density at radius 3 is 2.79 bits per heavy atom. The first-order valence-corrected chi connectivity index (χ1v) is 7.83. The Balaban J connectivity index is 2.15. The second kappa shape index (κ2) is 7.39. The summed E-state index contributed by atoms with van der Waals surface area (Å²) in [6.45, 7) is 3.35. The maximum Gasteiger partial charge on any atom is 0.269 e. The monoisotopic (exact) mass is 335 g/mol. The zero-order valence-electron chi connectivity index (χ0n) is 13.6. The number of carbonyl (C=O) groups is 2. The van der Waals surface area contributed by atoms with Crippen LogP contribution in [0.1, 0.15) is 38.3 Å². The third-order valence-corrected chi connectivity index (χ3v) is 4.19. The molecule has 1 fully saturated rings. The summed E-state index contributed by atoms with van der Waals surface area (Å²) in [5.74, 6) is -0.629. The molecule has 2 rings (SSSR count). The van der Waals surface area contributed by atoms with Crippen LogP contribution in [0.3, 0.4) is 0 Å². The molecule has 1 aromatic carbocycles. The van der Waals surface area contributed by atoms with E-state index in [1.165, 1.54) is 24.0 Å². The molecule has 1 saturated heterocycles. The number of nitrogens with zero attached hydrogens (tertiary/aromatic N) is 2. The van der Waals surface area contributed by atoms with E-state index in [4.69, 9.17) is 0 Å². The van der Waals surface area contributed by atoms with E-state index in [0.29, 0.717) is 12.0 Å². The van der Waals surface area contributed by atoms with Gasteiger partial charge in [0.25, 0.3) is 5.69 Å². The second-order valence-electron chi connectivity index (χ2n) is 5.90. The highest BCUT2D eigenvalue weighted by molar-refractivity contribution is 5.87. The van der Waals surface area contributed by atoms with Gasteiger partial charge in [-0.3, -0.25) is 19.7 Å². The van der Waals surface area contributed by atoms with Crippen molar-refractivity contribution >= 4 is 17.5 Å². The number of nitro groups is 1. The van der Waals surface area contributed by atoms with Gasteiger partial charge in [-0.2, -0.15) is 0 Å². The van der Waals surface area contributed by atoms with Crippen LogP contribution in [0.5, 0.6) is 0 Å². The highest BCUT2D eigenvalue weighted by Gasteiger charge is 2.38. The fourth-order valence-electron chi connectivity index (χ4n) is 2.95. The smallest absolute Gasteiger partial charge is 0.269 e. The van der Waals surface area contributed by atoms with Crippen LogP contribution in [-0.4, -0.2) is 45.4 Å². The van der Waals surface area contributed by atoms with Crippen LogP contribution in [0, 0.1) is 10.1 Å². The molecule has 8 heteroatoms. The molecular weight excluding hydrogens is 314 g/mol. The lowest BCUT2D eigenvalue weighted by molar-refractivity contribution is -0.384. The molecule has 24 heavy (non-hydrogen) atoms. The van der Waals surface area contributed by atoms with Crippen LogP contribution in [0.4, 0.5) is 5.69 Å². The van der Waals surface area contributed by atoms with Gasteiger partial charge >= 0.3 is 0 Å². The van der Waals surface area contributed by atoms with Crippen LogP contribution in [0.15, 0.2) is 24.3 Å². The maximum atomic E-state index is 12.5. The predicted molar refractivity (Wildman–Crippen MR) is 86.1 cm³/mol. The van der Waals surface area contributed by atoms with Crippen molar-refractivity contribution in [2.24, 2.45) is 0 Å². The van der Waals surface area contributed by atoms with Gasteiger partial charge in [0.15, 0.2) is 0 Å². The van der Waals surface area contributed by atoms with Crippen molar-refractivity contribution < 1.29 is 19.6 Å². The summed E-state index contributed by atoms with van der Waals surface area (Å²) in [4.78, 5) is 35.9. The number of nitro benzene ring substituents is 1. The molecule has 0 spiro atoms. The van der Waals surface area contributed by atoms with Crippen molar-refractivity contribution in [3.05, 3.63) is 39.9 Å². The number of aliphatic hydroxyl groups is 1. The van der Waals surface area contributed by atoms with Gasteiger partial charge in [0.05, 0.1) is 17.1 Å². The number of amides is 2. The Hall–Kier alpha value is -2.48. The number of nitrogens with one attached hydrogen (secondary N) is 1. The minimum atomic E-state index is -0.720. The van der Waals surface area contributed by atoms with E-state index >= 15 is 0 Å². The summed E-state index contributed by atoms with van der Waals surface area (Å²) in [5, 5.41) is 23.5. The molecular formula is C16H21N3O5. The first-order chi connectivity index (χ1) is 11.3. The normalized spacial score (nSPS) is 21.4. The minimum Gasteiger partial charge on any atom is -0.391 e. The fourth-order valence-corrected chi connectivity index (χ4v) is 2.95. The fraction of sp³-hybridized carbons (Fsp3) is 0.500. The molecule has 8 nitrogen and oxygen atoms in total. The summed E-state index contributed by atoms with van der Waals surface area (Å²) >= 11 is 0. The lowest BCUT2D eigenvalue weighted by atomic mass is 10.0. The third-order valence-electron chi connectivity index (χ3n) is 4.19. The molecule has 0 bridgehead atoms. The van der Waals surface area contributed by atoms with E-state index in [2.05, 4.69) is 5.32 Å². The molecule has 1 aliphatic rings. The van der Waals surface area contributed by atoms with Crippen molar-refractivity contribution in [2.45, 2.75) is 44.9 Å². The van der Waals surface area contributed by atoms with Crippen LogP contribution >= 0.6 is 0 Å². The summed E-state index contributed by atoms with van der Waals surface area (Å²) in [6, 6.07) is 5.00. The van der Waals surface area contributed by atoms with Gasteiger partial charge in [0.2, 0.25) is 11.8 Å². The lowest BCUT2D eigenvalue weighted by Crippen LogP contribution is -2.46. The van der Waals surface area contributed by atoms with E-state index in [9.17, 15) is 24.8 Å². The van der Waals surface area contributed by atoms with E-state index in [1.807, 2.05) is 6.92 Å². The van der Waals surface area contributed by atoms with Gasteiger partial charge in [-0.1, -0.05) is 19.1 Å². The second-order valence-corrected chi connectivity index (χ2v) is 5.90. The highest BCUT2D eigenvalue weighted by Crippen LogP contribution is 2.24. The number of β-amino-alcohol motifs (C(OH)–C–C–N with tert-alkyl or cyclic N) is 1. The van der Waals surface area contributed by atoms with E-state index in [1.54, 1.807) is 12.1 Å². The maximum absolute atomic E-state index is 12.5. The number of rotatable bonds is 5. The standard InChI is InChI=1S/C16H21N3O5/c1-3-14(11-5-4-6-12(7-11)19(23)24)17-16(22)15-8-13(21)9-18(15)10(2)20/h4-7,13-15,21H,3,8-9H2,1-2H3,(H,17,22)/t13-,14+,15+/m0/s1. The van der Waals surface area contributed by atoms with E-state index in [-0.39, 0.29) is 30.5 Å². The first-order valence-electron chi connectivity index (χ1n) is 7.83. The number of carbonyl (C=O) groups excluding carboxylic acids is 2. The number of aliphatic hydroxyl groups excluding tert-OH is 1. The Bertz CT molecular complexity index is 648. The molecule has 130 valence electrons. The van der Waals surface area contributed by atoms with Gasteiger partial charge in [-0.25, -0.2) is 0 Å². The number of hydrogen-bond acceptors (Lipinski definition) is 5. The molecule has 0 aliphatic carbocycles. The Labute approximate surface area is 139 Å². The molecule has 3 atom stereocenters. The van der Waals surface area contributed by atoms with Gasteiger partial charge in [0, 0.05) is 32.0 Å². The third kappa shape index (κ3) is 3.88. The Kier molecular flexibility index (Phi) is 5.50. The molecule has 0 unspecified atom stereocenters. The molecule has 0 aromatic heterocycles. The first kappa shape index (κ1) is 17.9. The minimum absolute atomic E-state index is 0.0400. The highest BCUT2D eigenvalue weighted by atomic mass is 16.6. The number of non-ortho nitro benzene ring substituents is 1.